The lowest BCUT2D eigenvalue weighted by Crippen LogP contribution is -2.37. The molecule has 0 spiro atoms. The summed E-state index contributed by atoms with van der Waals surface area (Å²) in [6.07, 6.45) is 1.41. The van der Waals surface area contributed by atoms with Crippen LogP contribution < -0.4 is 25.0 Å². The molecule has 10 nitrogen and oxygen atoms in total. The van der Waals surface area contributed by atoms with Crippen LogP contribution in [-0.2, 0) is 19.1 Å². The molecule has 2 N–H and O–H groups in total. The fraction of sp³-hybridized carbons (Fsp3) is 0.304. The van der Waals surface area contributed by atoms with Gasteiger partial charge in [0.2, 0.25) is 0 Å². The van der Waals surface area contributed by atoms with Gasteiger partial charge in [-0.3, -0.25) is 9.59 Å². The Bertz CT molecular complexity index is 948. The zero-order chi connectivity index (χ0) is 23.9. The van der Waals surface area contributed by atoms with Crippen LogP contribution >= 0.6 is 0 Å². The predicted octanol–water partition coefficient (Wildman–Crippen LogP) is 1.67. The minimum absolute atomic E-state index is 0.203. The number of esters is 1. The van der Waals surface area contributed by atoms with E-state index in [2.05, 4.69) is 15.8 Å². The molecule has 176 valence electrons. The van der Waals surface area contributed by atoms with Gasteiger partial charge in [-0.15, -0.1) is 0 Å². The first-order valence-corrected chi connectivity index (χ1v) is 10.3. The van der Waals surface area contributed by atoms with Gasteiger partial charge in [-0.05, 0) is 49.7 Å². The average molecular weight is 457 g/mol. The molecule has 33 heavy (non-hydrogen) atoms. The maximum absolute atomic E-state index is 11.9. The standard InChI is InChI=1S/C23H27N3O7/c1-3-30-20-12-17(10-11-19(20)33-16-23(29)31-4-2)13-25-26-21(27)14-24-22(28)15-32-18-8-6-5-7-9-18/h5-13H,3-4,14-16H2,1-2H3,(H,24,28)(H,26,27)/b25-13+. The molecule has 0 saturated heterocycles. The molecule has 2 aromatic rings. The molecule has 0 saturated carbocycles. The number of nitrogens with zero attached hydrogens (tertiary/aromatic N) is 1. The smallest absolute Gasteiger partial charge is 0.344 e. The first-order chi connectivity index (χ1) is 16.0. The van der Waals surface area contributed by atoms with Crippen molar-refractivity contribution < 1.29 is 33.3 Å². The lowest BCUT2D eigenvalue weighted by atomic mass is 10.2. The summed E-state index contributed by atoms with van der Waals surface area (Å²) in [4.78, 5) is 35.1. The molecular formula is C23H27N3O7. The summed E-state index contributed by atoms with van der Waals surface area (Å²) in [5.41, 5.74) is 2.95. The van der Waals surface area contributed by atoms with Crippen molar-refractivity contribution in [2.75, 3.05) is 33.0 Å². The number of nitrogens with one attached hydrogen (secondary N) is 2. The van der Waals surface area contributed by atoms with E-state index in [1.807, 2.05) is 13.0 Å². The van der Waals surface area contributed by atoms with Crippen LogP contribution in [0.3, 0.4) is 0 Å². The van der Waals surface area contributed by atoms with Crippen molar-refractivity contribution in [3.05, 3.63) is 54.1 Å². The van der Waals surface area contributed by atoms with E-state index in [0.29, 0.717) is 29.4 Å². The van der Waals surface area contributed by atoms with E-state index in [4.69, 9.17) is 18.9 Å². The Morgan fingerprint density at radius 2 is 1.67 bits per heavy atom. The summed E-state index contributed by atoms with van der Waals surface area (Å²) in [5, 5.41) is 6.31. The first kappa shape index (κ1) is 25.2. The van der Waals surface area contributed by atoms with Gasteiger partial charge in [0.1, 0.15) is 5.75 Å². The van der Waals surface area contributed by atoms with Crippen molar-refractivity contribution in [2.24, 2.45) is 5.10 Å². The zero-order valence-electron chi connectivity index (χ0n) is 18.5. The number of benzene rings is 2. The van der Waals surface area contributed by atoms with Gasteiger partial charge in [-0.2, -0.15) is 5.10 Å². The molecule has 0 heterocycles. The molecule has 0 atom stereocenters. The van der Waals surface area contributed by atoms with Gasteiger partial charge >= 0.3 is 5.97 Å². The number of hydrazone groups is 1. The van der Waals surface area contributed by atoms with Crippen LogP contribution in [0.2, 0.25) is 0 Å². The highest BCUT2D eigenvalue weighted by atomic mass is 16.6. The van der Waals surface area contributed by atoms with Crippen molar-refractivity contribution in [1.29, 1.82) is 0 Å². The number of ether oxygens (including phenoxy) is 4. The molecule has 0 bridgehead atoms. The predicted molar refractivity (Wildman–Crippen MR) is 120 cm³/mol. The van der Waals surface area contributed by atoms with E-state index in [-0.39, 0.29) is 26.4 Å². The van der Waals surface area contributed by atoms with Gasteiger partial charge in [0.05, 0.1) is 26.0 Å². The molecule has 10 heteroatoms. The Labute approximate surface area is 191 Å². The first-order valence-electron chi connectivity index (χ1n) is 10.3. The van der Waals surface area contributed by atoms with Crippen LogP contribution in [-0.4, -0.2) is 57.0 Å². The highest BCUT2D eigenvalue weighted by Gasteiger charge is 2.10. The monoisotopic (exact) mass is 457 g/mol. The van der Waals surface area contributed by atoms with E-state index in [0.717, 1.165) is 0 Å². The van der Waals surface area contributed by atoms with Gasteiger partial charge in [-0.1, -0.05) is 18.2 Å². The second-order valence-corrected chi connectivity index (χ2v) is 6.40. The molecule has 2 rings (SSSR count). The van der Waals surface area contributed by atoms with Crippen molar-refractivity contribution in [2.45, 2.75) is 13.8 Å². The summed E-state index contributed by atoms with van der Waals surface area (Å²) < 4.78 is 21.1. The minimum Gasteiger partial charge on any atom is -0.490 e. The minimum atomic E-state index is -0.501. The Kier molecular flexibility index (Phi) is 10.7. The Hall–Kier alpha value is -4.08. The summed E-state index contributed by atoms with van der Waals surface area (Å²) in [7, 11) is 0. The quantitative estimate of drug-likeness (QED) is 0.266. The van der Waals surface area contributed by atoms with E-state index in [1.165, 1.54) is 6.21 Å². The number of para-hydroxylation sites is 1. The van der Waals surface area contributed by atoms with Gasteiger partial charge in [-0.25, -0.2) is 10.2 Å². The summed E-state index contributed by atoms with van der Waals surface area (Å²) >= 11 is 0. The highest BCUT2D eigenvalue weighted by Crippen LogP contribution is 2.28. The lowest BCUT2D eigenvalue weighted by Gasteiger charge is -2.12. The third kappa shape index (κ3) is 9.72. The van der Waals surface area contributed by atoms with Gasteiger partial charge in [0, 0.05) is 0 Å². The number of carbonyl (C=O) groups is 3. The van der Waals surface area contributed by atoms with Crippen LogP contribution in [0, 0.1) is 0 Å². The van der Waals surface area contributed by atoms with Crippen molar-refractivity contribution >= 4 is 24.0 Å². The molecule has 0 fully saturated rings. The largest absolute Gasteiger partial charge is 0.490 e. The molecule has 0 unspecified atom stereocenters. The molecule has 2 aromatic carbocycles. The van der Waals surface area contributed by atoms with Crippen molar-refractivity contribution in [3.8, 4) is 17.2 Å². The third-order valence-electron chi connectivity index (χ3n) is 3.88. The topological polar surface area (TPSA) is 125 Å². The molecule has 0 radical (unpaired) electrons. The van der Waals surface area contributed by atoms with Crippen LogP contribution in [0.4, 0.5) is 0 Å². The van der Waals surface area contributed by atoms with E-state index in [1.54, 1.807) is 49.4 Å². The number of rotatable bonds is 13. The molecule has 0 aliphatic rings. The molecule has 0 aliphatic heterocycles. The van der Waals surface area contributed by atoms with E-state index >= 15 is 0 Å². The zero-order valence-corrected chi connectivity index (χ0v) is 18.5. The number of hydrogen-bond donors (Lipinski definition) is 2. The second kappa shape index (κ2) is 14.1. The summed E-state index contributed by atoms with van der Waals surface area (Å²) in [5.74, 6) is -0.0526. The molecular weight excluding hydrogens is 430 g/mol. The number of hydrogen-bond acceptors (Lipinski definition) is 8. The lowest BCUT2D eigenvalue weighted by molar-refractivity contribution is -0.145. The summed E-state index contributed by atoms with van der Waals surface area (Å²) in [6, 6.07) is 13.8. The van der Waals surface area contributed by atoms with Gasteiger partial charge in [0.25, 0.3) is 11.8 Å². The Morgan fingerprint density at radius 1 is 0.879 bits per heavy atom. The maximum atomic E-state index is 11.9. The van der Waals surface area contributed by atoms with E-state index < -0.39 is 17.8 Å². The van der Waals surface area contributed by atoms with E-state index in [9.17, 15) is 14.4 Å². The number of amides is 2. The fourth-order valence-corrected chi connectivity index (χ4v) is 2.45. The summed E-state index contributed by atoms with van der Waals surface area (Å²) in [6.45, 7) is 3.50. The van der Waals surface area contributed by atoms with Gasteiger partial charge in [0.15, 0.2) is 24.7 Å². The second-order valence-electron chi connectivity index (χ2n) is 6.40. The third-order valence-corrected chi connectivity index (χ3v) is 3.88. The maximum Gasteiger partial charge on any atom is 0.344 e. The Balaban J connectivity index is 1.79. The van der Waals surface area contributed by atoms with Crippen LogP contribution in [0.25, 0.3) is 0 Å². The highest BCUT2D eigenvalue weighted by molar-refractivity contribution is 5.87. The van der Waals surface area contributed by atoms with Crippen molar-refractivity contribution in [1.82, 2.24) is 10.7 Å². The van der Waals surface area contributed by atoms with Crippen LogP contribution in [0.1, 0.15) is 19.4 Å². The Morgan fingerprint density at radius 3 is 2.39 bits per heavy atom. The SMILES string of the molecule is CCOC(=O)COc1ccc(/C=N/NC(=O)CNC(=O)COc2ccccc2)cc1OCC. The van der Waals surface area contributed by atoms with Crippen LogP contribution in [0.5, 0.6) is 17.2 Å². The molecule has 2 amide bonds. The van der Waals surface area contributed by atoms with Gasteiger partial charge < -0.3 is 24.3 Å². The number of carbonyl (C=O) groups excluding carboxylic acids is 3. The molecule has 0 aromatic heterocycles. The normalized spacial score (nSPS) is 10.4. The average Bonchev–Trinajstić information content (AvgIpc) is 2.82. The van der Waals surface area contributed by atoms with Crippen LogP contribution in [0.15, 0.2) is 53.6 Å². The fourth-order valence-electron chi connectivity index (χ4n) is 2.45. The molecule has 0 aliphatic carbocycles. The van der Waals surface area contributed by atoms with Crippen molar-refractivity contribution in [3.63, 3.8) is 0 Å².